The van der Waals surface area contributed by atoms with Gasteiger partial charge in [-0.2, -0.15) is 0 Å². The van der Waals surface area contributed by atoms with E-state index in [2.05, 4.69) is 26.0 Å². The SMILES string of the molecule is CC.CC(C)c1cc2cc(N)ccc2s1. The minimum Gasteiger partial charge on any atom is -0.399 e. The largest absolute Gasteiger partial charge is 0.399 e. The predicted molar refractivity (Wildman–Crippen MR) is 71.7 cm³/mol. The second-order valence-electron chi connectivity index (χ2n) is 3.60. The van der Waals surface area contributed by atoms with Crippen LogP contribution in [-0.2, 0) is 0 Å². The first-order valence-corrected chi connectivity index (χ1v) is 6.27. The Morgan fingerprint density at radius 2 is 1.80 bits per heavy atom. The lowest BCUT2D eigenvalue weighted by Gasteiger charge is -1.96. The average molecular weight is 221 g/mol. The molecule has 0 saturated heterocycles. The fourth-order valence-corrected chi connectivity index (χ4v) is 2.41. The molecule has 2 N–H and O–H groups in total. The lowest BCUT2D eigenvalue weighted by atomic mass is 10.1. The summed E-state index contributed by atoms with van der Waals surface area (Å²) in [5.74, 6) is 0.610. The van der Waals surface area contributed by atoms with E-state index >= 15 is 0 Å². The van der Waals surface area contributed by atoms with Crippen molar-refractivity contribution in [2.45, 2.75) is 33.6 Å². The van der Waals surface area contributed by atoms with Gasteiger partial charge in [0.15, 0.2) is 0 Å². The minimum atomic E-state index is 0.610. The molecule has 0 aliphatic rings. The summed E-state index contributed by atoms with van der Waals surface area (Å²) in [4.78, 5) is 1.43. The number of anilines is 1. The summed E-state index contributed by atoms with van der Waals surface area (Å²) in [7, 11) is 0. The van der Waals surface area contributed by atoms with Gasteiger partial charge in [0.05, 0.1) is 0 Å². The van der Waals surface area contributed by atoms with Crippen LogP contribution in [0.15, 0.2) is 24.3 Å². The normalized spacial score (nSPS) is 10.2. The quantitative estimate of drug-likeness (QED) is 0.698. The summed E-state index contributed by atoms with van der Waals surface area (Å²) in [5, 5.41) is 1.27. The Hall–Kier alpha value is -1.02. The number of hydrogen-bond donors (Lipinski definition) is 1. The van der Waals surface area contributed by atoms with E-state index < -0.39 is 0 Å². The Labute approximate surface area is 95.9 Å². The van der Waals surface area contributed by atoms with Crippen LogP contribution in [0.2, 0.25) is 0 Å². The molecule has 1 aromatic carbocycles. The third-order valence-electron chi connectivity index (χ3n) is 2.13. The highest BCUT2D eigenvalue weighted by Gasteiger charge is 2.04. The van der Waals surface area contributed by atoms with Gasteiger partial charge in [0.1, 0.15) is 0 Å². The van der Waals surface area contributed by atoms with Gasteiger partial charge in [-0.1, -0.05) is 27.7 Å². The molecule has 0 amide bonds. The molecule has 0 unspecified atom stereocenters. The van der Waals surface area contributed by atoms with Gasteiger partial charge < -0.3 is 5.73 Å². The molecule has 2 rings (SSSR count). The molecule has 1 nitrogen and oxygen atoms in total. The number of nitrogens with two attached hydrogens (primary N) is 1. The molecule has 2 heteroatoms. The summed E-state index contributed by atoms with van der Waals surface area (Å²) >= 11 is 1.86. The zero-order valence-corrected chi connectivity index (χ0v) is 10.7. The maximum atomic E-state index is 5.71. The second-order valence-corrected chi connectivity index (χ2v) is 4.72. The van der Waals surface area contributed by atoms with E-state index in [1.54, 1.807) is 0 Å². The summed E-state index contributed by atoms with van der Waals surface area (Å²) in [5.41, 5.74) is 6.56. The topological polar surface area (TPSA) is 26.0 Å². The lowest BCUT2D eigenvalue weighted by Crippen LogP contribution is -1.81. The molecule has 0 radical (unpaired) electrons. The molecule has 0 aliphatic heterocycles. The van der Waals surface area contributed by atoms with Crippen LogP contribution in [0.25, 0.3) is 10.1 Å². The lowest BCUT2D eigenvalue weighted by molar-refractivity contribution is 0.890. The van der Waals surface area contributed by atoms with Crippen molar-refractivity contribution in [3.05, 3.63) is 29.1 Å². The van der Waals surface area contributed by atoms with Crippen LogP contribution in [0.4, 0.5) is 5.69 Å². The van der Waals surface area contributed by atoms with E-state index in [-0.39, 0.29) is 0 Å². The third-order valence-corrected chi connectivity index (χ3v) is 3.55. The zero-order chi connectivity index (χ0) is 11.4. The van der Waals surface area contributed by atoms with Crippen LogP contribution in [0, 0.1) is 0 Å². The number of hydrogen-bond acceptors (Lipinski definition) is 2. The van der Waals surface area contributed by atoms with Crippen LogP contribution in [0.3, 0.4) is 0 Å². The number of nitrogen functional groups attached to an aromatic ring is 1. The number of thiophene rings is 1. The summed E-state index contributed by atoms with van der Waals surface area (Å²) in [6, 6.07) is 8.34. The molecule has 82 valence electrons. The minimum absolute atomic E-state index is 0.610. The fourth-order valence-electron chi connectivity index (χ4n) is 1.37. The van der Waals surface area contributed by atoms with Gasteiger partial charge in [0, 0.05) is 15.3 Å². The maximum Gasteiger partial charge on any atom is 0.0347 e. The smallest absolute Gasteiger partial charge is 0.0347 e. The van der Waals surface area contributed by atoms with Crippen molar-refractivity contribution in [3.63, 3.8) is 0 Å². The molecule has 1 heterocycles. The second kappa shape index (κ2) is 5.17. The van der Waals surface area contributed by atoms with E-state index in [0.717, 1.165) is 5.69 Å². The summed E-state index contributed by atoms with van der Waals surface area (Å²) in [6.07, 6.45) is 0. The number of rotatable bonds is 1. The van der Waals surface area contributed by atoms with Gasteiger partial charge in [0.2, 0.25) is 0 Å². The molecule has 0 spiro atoms. The molecule has 2 aromatic rings. The standard InChI is InChI=1S/C11H13NS.C2H6/c1-7(2)11-6-8-5-9(12)3-4-10(8)13-11;1-2/h3-7H,12H2,1-2H3;1-2H3. The van der Waals surface area contributed by atoms with Crippen LogP contribution in [-0.4, -0.2) is 0 Å². The fraction of sp³-hybridized carbons (Fsp3) is 0.385. The molecular formula is C13H19NS. The Kier molecular flexibility index (Phi) is 4.15. The predicted octanol–water partition coefficient (Wildman–Crippen LogP) is 4.63. The number of fused-ring (bicyclic) bond motifs is 1. The first-order chi connectivity index (χ1) is 7.16. The molecule has 0 aliphatic carbocycles. The Morgan fingerprint density at radius 1 is 1.13 bits per heavy atom. The van der Waals surface area contributed by atoms with Crippen LogP contribution in [0.1, 0.15) is 38.5 Å². The van der Waals surface area contributed by atoms with E-state index in [1.165, 1.54) is 15.0 Å². The zero-order valence-electron chi connectivity index (χ0n) is 9.87. The van der Waals surface area contributed by atoms with Gasteiger partial charge in [-0.15, -0.1) is 11.3 Å². The molecule has 0 bridgehead atoms. The van der Waals surface area contributed by atoms with Gasteiger partial charge in [0.25, 0.3) is 0 Å². The maximum absolute atomic E-state index is 5.71. The monoisotopic (exact) mass is 221 g/mol. The summed E-state index contributed by atoms with van der Waals surface area (Å²) in [6.45, 7) is 8.43. The van der Waals surface area contributed by atoms with Crippen LogP contribution >= 0.6 is 11.3 Å². The third kappa shape index (κ3) is 2.72. The van der Waals surface area contributed by atoms with Crippen molar-refractivity contribution in [1.82, 2.24) is 0 Å². The van der Waals surface area contributed by atoms with Crippen molar-refractivity contribution in [1.29, 1.82) is 0 Å². The molecular weight excluding hydrogens is 202 g/mol. The van der Waals surface area contributed by atoms with Crippen molar-refractivity contribution in [3.8, 4) is 0 Å². The molecule has 1 aromatic heterocycles. The molecule has 0 fully saturated rings. The van der Waals surface area contributed by atoms with Gasteiger partial charge >= 0.3 is 0 Å². The van der Waals surface area contributed by atoms with E-state index in [1.807, 2.05) is 37.3 Å². The van der Waals surface area contributed by atoms with Gasteiger partial charge in [-0.3, -0.25) is 0 Å². The highest BCUT2D eigenvalue weighted by Crippen LogP contribution is 2.31. The van der Waals surface area contributed by atoms with E-state index in [0.29, 0.717) is 5.92 Å². The molecule has 15 heavy (non-hydrogen) atoms. The molecule has 0 atom stereocenters. The van der Waals surface area contributed by atoms with Crippen molar-refractivity contribution < 1.29 is 0 Å². The van der Waals surface area contributed by atoms with Gasteiger partial charge in [-0.25, -0.2) is 0 Å². The Morgan fingerprint density at radius 3 is 2.40 bits per heavy atom. The highest BCUT2D eigenvalue weighted by molar-refractivity contribution is 7.19. The Bertz CT molecular complexity index is 429. The molecule has 0 saturated carbocycles. The van der Waals surface area contributed by atoms with Crippen molar-refractivity contribution >= 4 is 27.1 Å². The van der Waals surface area contributed by atoms with E-state index in [9.17, 15) is 0 Å². The highest BCUT2D eigenvalue weighted by atomic mass is 32.1. The summed E-state index contributed by atoms with van der Waals surface area (Å²) < 4.78 is 1.33. The number of benzene rings is 1. The first-order valence-electron chi connectivity index (χ1n) is 5.46. The average Bonchev–Trinajstić information content (AvgIpc) is 2.63. The van der Waals surface area contributed by atoms with Crippen molar-refractivity contribution in [2.75, 3.05) is 5.73 Å². The van der Waals surface area contributed by atoms with Crippen molar-refractivity contribution in [2.24, 2.45) is 0 Å². The van der Waals surface area contributed by atoms with E-state index in [4.69, 9.17) is 5.73 Å². The Balaban J connectivity index is 0.000000531. The van der Waals surface area contributed by atoms with Gasteiger partial charge in [-0.05, 0) is 35.6 Å². The first kappa shape index (κ1) is 12.1. The van der Waals surface area contributed by atoms with Crippen LogP contribution in [0.5, 0.6) is 0 Å². The van der Waals surface area contributed by atoms with Crippen LogP contribution < -0.4 is 5.73 Å².